The number of carbonyl (C=O) groups is 2. The molecule has 0 radical (unpaired) electrons. The van der Waals surface area contributed by atoms with Crippen LogP contribution >= 0.6 is 0 Å². The first kappa shape index (κ1) is 38.3. The van der Waals surface area contributed by atoms with Crippen molar-refractivity contribution in [2.75, 3.05) is 27.8 Å². The maximum atomic E-state index is 13.8. The lowest BCUT2D eigenvalue weighted by molar-refractivity contribution is -0.298. The zero-order valence-electron chi connectivity index (χ0n) is 30.1. The van der Waals surface area contributed by atoms with Crippen molar-refractivity contribution in [2.24, 2.45) is 23.7 Å². The van der Waals surface area contributed by atoms with E-state index in [-0.39, 0.29) is 36.2 Å². The lowest BCUT2D eigenvalue weighted by atomic mass is 9.78. The number of aliphatic hydroxyl groups excluding tert-OH is 2. The van der Waals surface area contributed by atoms with Crippen molar-refractivity contribution >= 4 is 11.8 Å². The molecule has 0 aromatic carbocycles. The number of nitrogens with zero attached hydrogens (tertiary/aromatic N) is 1. The SMILES string of the molecule is COC1CC(O[C@H]2[C@H](C)[C@@H](OC3OC(C)CC(N(C)C)C3O)[C@@H](C)C[C@@]3(CO3)C(=O)C(C)=C[C@@H](C)[C@@H](C)OC(=O)[C@@H]2C)OC(C)C1O. The molecule has 1 spiro atoms. The highest BCUT2D eigenvalue weighted by molar-refractivity contribution is 6.03. The van der Waals surface area contributed by atoms with Crippen LogP contribution in [-0.2, 0) is 42.7 Å². The fourth-order valence-corrected chi connectivity index (χ4v) is 7.54. The van der Waals surface area contributed by atoms with Crippen LogP contribution in [0.3, 0.4) is 0 Å². The summed E-state index contributed by atoms with van der Waals surface area (Å²) in [7, 11) is 5.37. The summed E-state index contributed by atoms with van der Waals surface area (Å²) in [4.78, 5) is 29.5. The number of Topliss-reactive ketones (excluding diaryl/α,β-unsaturated/α-hetero) is 1. The number of ketones is 1. The van der Waals surface area contributed by atoms with Gasteiger partial charge in [0, 0.05) is 31.4 Å². The first-order valence-electron chi connectivity index (χ1n) is 17.2. The molecule has 0 bridgehead atoms. The molecule has 0 aromatic rings. The Balaban J connectivity index is 1.74. The lowest BCUT2D eigenvalue weighted by Crippen LogP contribution is -2.57. The molecule has 3 saturated heterocycles. The van der Waals surface area contributed by atoms with E-state index in [1.165, 1.54) is 7.11 Å². The summed E-state index contributed by atoms with van der Waals surface area (Å²) in [6.07, 6.45) is -3.62. The second-order valence-corrected chi connectivity index (χ2v) is 14.8. The van der Waals surface area contributed by atoms with E-state index in [0.29, 0.717) is 25.0 Å². The van der Waals surface area contributed by atoms with Crippen molar-refractivity contribution in [3.63, 3.8) is 0 Å². The van der Waals surface area contributed by atoms with Crippen molar-refractivity contribution < 1.29 is 53.0 Å². The number of likely N-dealkylation sites (N-methyl/N-ethyl adjacent to an activating group) is 1. The molecular weight excluding hydrogens is 610 g/mol. The summed E-state index contributed by atoms with van der Waals surface area (Å²) in [5.74, 6) is -2.29. The van der Waals surface area contributed by atoms with Gasteiger partial charge in [-0.25, -0.2) is 0 Å². The lowest BCUT2D eigenvalue weighted by Gasteiger charge is -2.46. The van der Waals surface area contributed by atoms with Crippen LogP contribution in [0, 0.1) is 23.7 Å². The van der Waals surface area contributed by atoms with Gasteiger partial charge in [-0.05, 0) is 73.0 Å². The van der Waals surface area contributed by atoms with E-state index in [4.69, 9.17) is 33.2 Å². The maximum absolute atomic E-state index is 13.8. The number of epoxide rings is 1. The molecule has 47 heavy (non-hydrogen) atoms. The van der Waals surface area contributed by atoms with E-state index >= 15 is 0 Å². The van der Waals surface area contributed by atoms with Crippen LogP contribution in [0.25, 0.3) is 0 Å². The first-order valence-corrected chi connectivity index (χ1v) is 17.2. The molecule has 270 valence electrons. The predicted octanol–water partition coefficient (Wildman–Crippen LogP) is 2.86. The number of esters is 1. The average Bonchev–Trinajstić information content (AvgIpc) is 3.79. The Morgan fingerprint density at radius 2 is 1.57 bits per heavy atom. The number of cyclic esters (lactones) is 1. The van der Waals surface area contributed by atoms with Crippen LogP contribution in [0.4, 0.5) is 0 Å². The van der Waals surface area contributed by atoms with Gasteiger partial charge in [0.25, 0.3) is 0 Å². The van der Waals surface area contributed by atoms with Gasteiger partial charge in [0.15, 0.2) is 24.0 Å². The van der Waals surface area contributed by atoms with E-state index in [1.807, 2.05) is 59.7 Å². The zero-order valence-corrected chi connectivity index (χ0v) is 30.1. The van der Waals surface area contributed by atoms with Crippen LogP contribution in [0.2, 0.25) is 0 Å². The standard InChI is InChI=1S/C35H59NO11/c1-17-12-18(2)32(39)35(16-42-35)15-19(3)30(47-34-29(38)25(36(9)10)13-20(4)43-34)21(5)31(22(6)33(40)45-23(17)7)46-27-14-26(41-11)28(37)24(8)44-27/h12,17,19-31,34,37-38H,13-16H2,1-11H3/t17-,19+,20?,21-,22-,23-,24?,25?,26?,27?,28?,29?,30+,31+,34?,35-/m1/s1. The molecular formula is C35H59NO11. The monoisotopic (exact) mass is 669 g/mol. The van der Waals surface area contributed by atoms with Crippen LogP contribution in [-0.4, -0.2) is 128 Å². The third-order valence-corrected chi connectivity index (χ3v) is 10.8. The fraction of sp³-hybridized carbons (Fsp3) is 0.886. The summed E-state index contributed by atoms with van der Waals surface area (Å²) in [5.41, 5.74) is -0.420. The number of hydrogen-bond acceptors (Lipinski definition) is 12. The maximum Gasteiger partial charge on any atom is 0.311 e. The average molecular weight is 670 g/mol. The van der Waals surface area contributed by atoms with Crippen molar-refractivity contribution in [3.05, 3.63) is 11.6 Å². The highest BCUT2D eigenvalue weighted by Gasteiger charge is 2.55. The van der Waals surface area contributed by atoms with Gasteiger partial charge in [0.1, 0.15) is 18.3 Å². The van der Waals surface area contributed by atoms with E-state index in [9.17, 15) is 19.8 Å². The Bertz CT molecular complexity index is 1110. The topological polar surface area (TPSA) is 146 Å². The van der Waals surface area contributed by atoms with E-state index in [0.717, 1.165) is 0 Å². The minimum Gasteiger partial charge on any atom is -0.462 e. The highest BCUT2D eigenvalue weighted by atomic mass is 16.7. The minimum absolute atomic E-state index is 0.0941. The van der Waals surface area contributed by atoms with Crippen molar-refractivity contribution in [1.82, 2.24) is 4.90 Å². The molecule has 12 heteroatoms. The Morgan fingerprint density at radius 3 is 2.17 bits per heavy atom. The molecule has 4 aliphatic rings. The number of hydrogen-bond donors (Lipinski definition) is 2. The number of carbonyl (C=O) groups excluding carboxylic acids is 2. The molecule has 16 atom stereocenters. The Labute approximate surface area is 280 Å². The molecule has 4 aliphatic heterocycles. The van der Waals surface area contributed by atoms with E-state index < -0.39 is 78.7 Å². The van der Waals surface area contributed by atoms with Crippen molar-refractivity contribution in [1.29, 1.82) is 0 Å². The van der Waals surface area contributed by atoms with Crippen LogP contribution in [0.1, 0.15) is 74.7 Å². The molecule has 3 fully saturated rings. The van der Waals surface area contributed by atoms with Gasteiger partial charge in [-0.1, -0.05) is 26.8 Å². The first-order chi connectivity index (χ1) is 22.0. The molecule has 4 rings (SSSR count). The minimum atomic E-state index is -0.984. The van der Waals surface area contributed by atoms with Gasteiger partial charge in [-0.3, -0.25) is 9.59 Å². The molecule has 0 saturated carbocycles. The van der Waals surface area contributed by atoms with Gasteiger partial charge in [0.2, 0.25) is 0 Å². The van der Waals surface area contributed by atoms with Crippen LogP contribution in [0.5, 0.6) is 0 Å². The van der Waals surface area contributed by atoms with Gasteiger partial charge < -0.3 is 48.3 Å². The predicted molar refractivity (Wildman–Crippen MR) is 172 cm³/mol. The normalized spacial score (nSPS) is 47.4. The zero-order chi connectivity index (χ0) is 35.0. The summed E-state index contributed by atoms with van der Waals surface area (Å²) < 4.78 is 43.1. The molecule has 12 nitrogen and oxygen atoms in total. The van der Waals surface area contributed by atoms with Crippen LogP contribution < -0.4 is 0 Å². The van der Waals surface area contributed by atoms with Gasteiger partial charge in [-0.2, -0.15) is 0 Å². The van der Waals surface area contributed by atoms with E-state index in [2.05, 4.69) is 0 Å². The summed E-state index contributed by atoms with van der Waals surface area (Å²) in [5, 5.41) is 22.0. The largest absolute Gasteiger partial charge is 0.462 e. The number of methoxy groups -OCH3 is 1. The van der Waals surface area contributed by atoms with Crippen LogP contribution in [0.15, 0.2) is 11.6 Å². The Morgan fingerprint density at radius 1 is 0.915 bits per heavy atom. The third kappa shape index (κ3) is 8.64. The summed E-state index contributed by atoms with van der Waals surface area (Å²) >= 11 is 0. The van der Waals surface area contributed by atoms with Crippen molar-refractivity contribution in [2.45, 2.75) is 148 Å². The number of ether oxygens (including phenoxy) is 7. The van der Waals surface area contributed by atoms with Gasteiger partial charge in [0.05, 0.1) is 43.0 Å². The van der Waals surface area contributed by atoms with Gasteiger partial charge >= 0.3 is 5.97 Å². The van der Waals surface area contributed by atoms with Crippen molar-refractivity contribution in [3.8, 4) is 0 Å². The summed E-state index contributed by atoms with van der Waals surface area (Å²) in [6.45, 7) is 15.2. The highest BCUT2D eigenvalue weighted by Crippen LogP contribution is 2.42. The molecule has 0 aliphatic carbocycles. The number of rotatable bonds is 6. The van der Waals surface area contributed by atoms with E-state index in [1.54, 1.807) is 20.8 Å². The third-order valence-electron chi connectivity index (χ3n) is 10.8. The molecule has 2 N–H and O–H groups in total. The quantitative estimate of drug-likeness (QED) is 0.317. The molecule has 0 aromatic heterocycles. The second kappa shape index (κ2) is 15.6. The summed E-state index contributed by atoms with van der Waals surface area (Å²) in [6, 6.07) is -0.195. The smallest absolute Gasteiger partial charge is 0.311 e. The van der Waals surface area contributed by atoms with Gasteiger partial charge in [-0.15, -0.1) is 0 Å². The fourth-order valence-electron chi connectivity index (χ4n) is 7.54. The Hall–Kier alpha value is -1.48. The molecule has 8 unspecified atom stereocenters. The molecule has 0 amide bonds. The molecule has 4 heterocycles. The Kier molecular flexibility index (Phi) is 12.7. The second-order valence-electron chi connectivity index (χ2n) is 14.8. The number of aliphatic hydroxyl groups is 2.